The number of unbranched alkanes of at least 4 members (excludes halogenated alkanes) is 13. The van der Waals surface area contributed by atoms with Crippen molar-refractivity contribution in [2.75, 3.05) is 51.4 Å². The maximum Gasteiger partial charge on any atom is 0.353 e. The van der Waals surface area contributed by atoms with E-state index in [1.807, 2.05) is 0 Å². The summed E-state index contributed by atoms with van der Waals surface area (Å²) in [5.74, 6) is 0.208. The van der Waals surface area contributed by atoms with Gasteiger partial charge in [0.2, 0.25) is 5.95 Å². The quantitative estimate of drug-likeness (QED) is 0.0788. The molecular weight excluding hydrogens is 559 g/mol. The molecule has 1 unspecified atom stereocenters. The molecule has 0 fully saturated rings. The van der Waals surface area contributed by atoms with Gasteiger partial charge in [0.25, 0.3) is 0 Å². The number of fused-ring (bicyclic) bond motifs is 1. The molecule has 242 valence electrons. The molecule has 13 heteroatoms. The van der Waals surface area contributed by atoms with E-state index in [1.165, 1.54) is 96.9 Å². The zero-order chi connectivity index (χ0) is 30.5. The van der Waals surface area contributed by atoms with Crippen LogP contribution in [0, 0.1) is 0 Å². The van der Waals surface area contributed by atoms with Gasteiger partial charge in [-0.05, 0) is 12.8 Å². The molecule has 2 aromatic rings. The summed E-state index contributed by atoms with van der Waals surface area (Å²) >= 11 is 0. The first-order valence-electron chi connectivity index (χ1n) is 15.7. The van der Waals surface area contributed by atoms with Crippen LogP contribution in [0.2, 0.25) is 0 Å². The zero-order valence-electron chi connectivity index (χ0n) is 25.9. The first-order valence-corrected chi connectivity index (χ1v) is 17.5. The molecule has 0 aliphatic rings. The number of nitrogen functional groups attached to an aromatic ring is 2. The molecule has 0 bridgehead atoms. The summed E-state index contributed by atoms with van der Waals surface area (Å²) in [5, 5.41) is 0. The van der Waals surface area contributed by atoms with E-state index >= 15 is 0 Å². The van der Waals surface area contributed by atoms with Crippen LogP contribution in [0.3, 0.4) is 0 Å². The van der Waals surface area contributed by atoms with E-state index < -0.39 is 20.0 Å². The topological polar surface area (TPSA) is 170 Å². The minimum atomic E-state index is -3.94. The summed E-state index contributed by atoms with van der Waals surface area (Å²) in [4.78, 5) is 22.5. The van der Waals surface area contributed by atoms with Gasteiger partial charge in [-0.3, -0.25) is 4.57 Å². The summed E-state index contributed by atoms with van der Waals surface area (Å²) in [7, 11) is -2.42. The van der Waals surface area contributed by atoms with Gasteiger partial charge in [-0.1, -0.05) is 90.4 Å². The number of methoxy groups -OCH3 is 1. The van der Waals surface area contributed by atoms with Crippen LogP contribution < -0.4 is 11.5 Å². The van der Waals surface area contributed by atoms with E-state index in [1.54, 1.807) is 4.57 Å². The lowest BCUT2D eigenvalue weighted by Gasteiger charge is -2.20. The average Bonchev–Trinajstić information content (AvgIpc) is 3.35. The Morgan fingerprint density at radius 2 is 1.48 bits per heavy atom. The zero-order valence-corrected chi connectivity index (χ0v) is 26.8. The van der Waals surface area contributed by atoms with Crippen LogP contribution in [0.4, 0.5) is 11.8 Å². The molecular formula is C29H55N6O6P. The Morgan fingerprint density at radius 1 is 0.881 bits per heavy atom. The van der Waals surface area contributed by atoms with Gasteiger partial charge in [-0.15, -0.1) is 0 Å². The third kappa shape index (κ3) is 15.6. The van der Waals surface area contributed by atoms with Gasteiger partial charge < -0.3 is 39.7 Å². The summed E-state index contributed by atoms with van der Waals surface area (Å²) < 4.78 is 35.9. The van der Waals surface area contributed by atoms with Crippen LogP contribution in [0.15, 0.2) is 6.33 Å². The fourth-order valence-corrected chi connectivity index (χ4v) is 5.67. The Labute approximate surface area is 251 Å². The monoisotopic (exact) mass is 614 g/mol. The van der Waals surface area contributed by atoms with Crippen LogP contribution in [0.5, 0.6) is 0 Å². The number of nitrogens with two attached hydrogens (primary N) is 2. The first kappa shape index (κ1) is 36.4. The van der Waals surface area contributed by atoms with Gasteiger partial charge in [0.15, 0.2) is 11.5 Å². The number of ether oxygens (including phenoxy) is 3. The second-order valence-electron chi connectivity index (χ2n) is 10.9. The Morgan fingerprint density at radius 3 is 2.10 bits per heavy atom. The van der Waals surface area contributed by atoms with Crippen LogP contribution >= 0.6 is 7.60 Å². The van der Waals surface area contributed by atoms with Gasteiger partial charge in [0, 0.05) is 20.3 Å². The maximum atomic E-state index is 12.5. The van der Waals surface area contributed by atoms with Gasteiger partial charge in [0.1, 0.15) is 11.9 Å². The van der Waals surface area contributed by atoms with Crippen molar-refractivity contribution in [2.24, 2.45) is 0 Å². The van der Waals surface area contributed by atoms with Crippen molar-refractivity contribution in [3.8, 4) is 0 Å². The van der Waals surface area contributed by atoms with Gasteiger partial charge in [-0.2, -0.15) is 9.97 Å². The predicted molar refractivity (Wildman–Crippen MR) is 167 cm³/mol. The number of aromatic nitrogens is 4. The highest BCUT2D eigenvalue weighted by atomic mass is 31.2. The molecule has 0 spiro atoms. The first-order chi connectivity index (χ1) is 20.4. The minimum absolute atomic E-state index is 0.0304. The molecule has 0 aliphatic carbocycles. The highest BCUT2D eigenvalue weighted by Crippen LogP contribution is 2.42. The van der Waals surface area contributed by atoms with Gasteiger partial charge in [-0.25, -0.2) is 4.98 Å². The number of hydrogen-bond acceptors (Lipinski definition) is 10. The van der Waals surface area contributed by atoms with Crippen molar-refractivity contribution in [1.29, 1.82) is 0 Å². The molecule has 5 N–H and O–H groups in total. The number of anilines is 2. The van der Waals surface area contributed by atoms with Crippen LogP contribution in [0.25, 0.3) is 11.2 Å². The van der Waals surface area contributed by atoms with E-state index in [0.29, 0.717) is 30.8 Å². The van der Waals surface area contributed by atoms with E-state index in [0.717, 1.165) is 6.42 Å². The van der Waals surface area contributed by atoms with E-state index in [-0.39, 0.29) is 31.5 Å². The van der Waals surface area contributed by atoms with Crippen molar-refractivity contribution < 1.29 is 28.2 Å². The Bertz CT molecular complexity index is 1030. The van der Waals surface area contributed by atoms with Gasteiger partial charge >= 0.3 is 7.60 Å². The average molecular weight is 615 g/mol. The maximum absolute atomic E-state index is 12.5. The second kappa shape index (κ2) is 21.8. The lowest BCUT2D eigenvalue weighted by Crippen LogP contribution is -2.26. The fraction of sp³-hybridized carbons (Fsp3) is 0.828. The minimum Gasteiger partial charge on any atom is -0.382 e. The van der Waals surface area contributed by atoms with Crippen LogP contribution in [-0.2, 0) is 29.8 Å². The molecule has 2 rings (SSSR count). The number of imidazole rings is 1. The molecule has 0 aliphatic heterocycles. The third-order valence-corrected chi connectivity index (χ3v) is 8.16. The Balaban J connectivity index is 1.47. The van der Waals surface area contributed by atoms with Crippen LogP contribution in [-0.4, -0.2) is 70.4 Å². The summed E-state index contributed by atoms with van der Waals surface area (Å²) in [5.41, 5.74) is 12.4. The molecule has 0 saturated carbocycles. The van der Waals surface area contributed by atoms with Crippen molar-refractivity contribution in [3.05, 3.63) is 6.33 Å². The SMILES string of the molecule is CCCCCCCCCCCCCCCCOCCCOP(=O)(O)CO[C@@H](COC)Cn1cnc2c(N)nc(N)nc21. The lowest BCUT2D eigenvalue weighted by molar-refractivity contribution is 0.00219. The number of rotatable bonds is 27. The normalized spacial score (nSPS) is 14.0. The molecule has 0 aromatic carbocycles. The second-order valence-corrected chi connectivity index (χ2v) is 12.7. The molecule has 12 nitrogen and oxygen atoms in total. The lowest BCUT2D eigenvalue weighted by atomic mass is 10.0. The molecule has 2 aromatic heterocycles. The summed E-state index contributed by atoms with van der Waals surface area (Å²) in [6.45, 7) is 4.03. The molecule has 2 atom stereocenters. The van der Waals surface area contributed by atoms with Gasteiger partial charge in [0.05, 0.1) is 32.2 Å². The number of hydrogen-bond donors (Lipinski definition) is 3. The van der Waals surface area contributed by atoms with E-state index in [9.17, 15) is 9.46 Å². The number of nitrogens with zero attached hydrogens (tertiary/aromatic N) is 4. The Kier molecular flexibility index (Phi) is 18.9. The van der Waals surface area contributed by atoms with Crippen LogP contribution in [0.1, 0.15) is 103 Å². The van der Waals surface area contributed by atoms with Crippen molar-refractivity contribution in [2.45, 2.75) is 116 Å². The van der Waals surface area contributed by atoms with Crippen molar-refractivity contribution in [1.82, 2.24) is 19.5 Å². The fourth-order valence-electron chi connectivity index (χ4n) is 4.78. The summed E-state index contributed by atoms with van der Waals surface area (Å²) in [6.07, 6.45) is 19.7. The van der Waals surface area contributed by atoms with E-state index in [4.69, 9.17) is 30.2 Å². The standard InChI is InChI=1S/C29H55N6O6P/c1-3-4-5-6-7-8-9-10-11-12-13-14-15-16-18-39-19-17-20-41-42(36,37)24-40-25(22-38-2)21-35-23-32-26-27(30)33-29(31)34-28(26)35/h23,25H,3-22,24H2,1-2H3,(H,36,37)(H4,30,31,33,34)/t25-/m1/s1. The third-order valence-electron chi connectivity index (χ3n) is 7.10. The highest BCUT2D eigenvalue weighted by Gasteiger charge is 2.23. The van der Waals surface area contributed by atoms with Crippen molar-refractivity contribution >= 4 is 30.5 Å². The highest BCUT2D eigenvalue weighted by molar-refractivity contribution is 7.52. The summed E-state index contributed by atoms with van der Waals surface area (Å²) in [6, 6.07) is 0. The molecule has 2 heterocycles. The molecule has 42 heavy (non-hydrogen) atoms. The molecule has 0 saturated heterocycles. The largest absolute Gasteiger partial charge is 0.382 e. The smallest absolute Gasteiger partial charge is 0.353 e. The van der Waals surface area contributed by atoms with E-state index in [2.05, 4.69) is 21.9 Å². The molecule has 0 radical (unpaired) electrons. The molecule has 0 amide bonds. The van der Waals surface area contributed by atoms with Crippen molar-refractivity contribution in [3.63, 3.8) is 0 Å². The predicted octanol–water partition coefficient (Wildman–Crippen LogP) is 6.07. The Hall–Kier alpha value is -1.82.